The Hall–Kier alpha value is -1.87. The summed E-state index contributed by atoms with van der Waals surface area (Å²) in [7, 11) is 1.70. The molecule has 1 atom stereocenters. The van der Waals surface area contributed by atoms with Crippen LogP contribution in [0, 0.1) is 13.8 Å². The second-order valence-electron chi connectivity index (χ2n) is 5.28. The van der Waals surface area contributed by atoms with Crippen molar-refractivity contribution >= 4 is 0 Å². The van der Waals surface area contributed by atoms with Gasteiger partial charge in [-0.15, -0.1) is 0 Å². The fourth-order valence-corrected chi connectivity index (χ4v) is 2.70. The lowest BCUT2D eigenvalue weighted by atomic mass is 9.93. The minimum absolute atomic E-state index is 0.0577. The first-order valence-corrected chi connectivity index (χ1v) is 7.47. The number of ether oxygens (including phenoxy) is 1. The number of methoxy groups -OCH3 is 1. The van der Waals surface area contributed by atoms with Gasteiger partial charge < -0.3 is 10.1 Å². The zero-order valence-electron chi connectivity index (χ0n) is 13.3. The summed E-state index contributed by atoms with van der Waals surface area (Å²) in [4.78, 5) is 4.57. The third-order valence-electron chi connectivity index (χ3n) is 3.72. The van der Waals surface area contributed by atoms with E-state index in [1.54, 1.807) is 7.11 Å². The van der Waals surface area contributed by atoms with Crippen molar-refractivity contribution in [1.82, 2.24) is 10.3 Å². The van der Waals surface area contributed by atoms with Crippen LogP contribution in [0.4, 0.5) is 0 Å². The van der Waals surface area contributed by atoms with Gasteiger partial charge in [0.2, 0.25) is 0 Å². The van der Waals surface area contributed by atoms with Gasteiger partial charge in [-0.3, -0.25) is 4.98 Å². The summed E-state index contributed by atoms with van der Waals surface area (Å²) in [6, 6.07) is 10.3. The average Bonchev–Trinajstić information content (AvgIpc) is 2.50. The number of benzene rings is 1. The molecule has 3 heteroatoms. The lowest BCUT2D eigenvalue weighted by Crippen LogP contribution is -2.26. The molecule has 0 bridgehead atoms. The molecular formula is C18H24N2O. The van der Waals surface area contributed by atoms with Crippen LogP contribution in [0.2, 0.25) is 0 Å². The fourth-order valence-electron chi connectivity index (χ4n) is 2.70. The van der Waals surface area contributed by atoms with E-state index in [0.717, 1.165) is 24.4 Å². The van der Waals surface area contributed by atoms with Crippen LogP contribution in [0.5, 0.6) is 5.75 Å². The molecule has 0 aliphatic carbocycles. The number of pyridine rings is 1. The van der Waals surface area contributed by atoms with Crippen LogP contribution in [-0.4, -0.2) is 18.6 Å². The maximum atomic E-state index is 5.51. The predicted octanol–water partition coefficient (Wildman–Crippen LogP) is 3.80. The molecule has 21 heavy (non-hydrogen) atoms. The summed E-state index contributed by atoms with van der Waals surface area (Å²) in [5, 5.41) is 3.62. The third kappa shape index (κ3) is 3.42. The van der Waals surface area contributed by atoms with Gasteiger partial charge in [0, 0.05) is 6.20 Å². The monoisotopic (exact) mass is 284 g/mol. The van der Waals surface area contributed by atoms with Crippen molar-refractivity contribution in [3.63, 3.8) is 0 Å². The molecule has 0 saturated heterocycles. The van der Waals surface area contributed by atoms with Gasteiger partial charge in [0.05, 0.1) is 13.2 Å². The van der Waals surface area contributed by atoms with Crippen LogP contribution < -0.4 is 10.1 Å². The minimum atomic E-state index is 0.0577. The van der Waals surface area contributed by atoms with E-state index in [-0.39, 0.29) is 6.04 Å². The van der Waals surface area contributed by atoms with E-state index in [4.69, 9.17) is 4.74 Å². The van der Waals surface area contributed by atoms with E-state index < -0.39 is 0 Å². The molecule has 1 unspecified atom stereocenters. The highest BCUT2D eigenvalue weighted by molar-refractivity contribution is 5.44. The Morgan fingerprint density at radius 3 is 2.48 bits per heavy atom. The summed E-state index contributed by atoms with van der Waals surface area (Å²) in [5.74, 6) is 0.828. The number of nitrogens with zero attached hydrogens (tertiary/aromatic N) is 1. The average molecular weight is 284 g/mol. The molecule has 0 saturated carbocycles. The molecule has 3 nitrogen and oxygen atoms in total. The Balaban J connectivity index is 2.53. The number of hydrogen-bond donors (Lipinski definition) is 1. The van der Waals surface area contributed by atoms with E-state index in [2.05, 4.69) is 49.3 Å². The maximum Gasteiger partial charge on any atom is 0.142 e. The molecule has 0 amide bonds. The van der Waals surface area contributed by atoms with Crippen LogP contribution in [0.3, 0.4) is 0 Å². The second-order valence-corrected chi connectivity index (χ2v) is 5.28. The largest absolute Gasteiger partial charge is 0.495 e. The molecule has 2 rings (SSSR count). The number of nitrogens with one attached hydrogen (secondary N) is 1. The first-order valence-electron chi connectivity index (χ1n) is 7.47. The molecular weight excluding hydrogens is 260 g/mol. The summed E-state index contributed by atoms with van der Waals surface area (Å²) in [6.45, 7) is 7.42. The van der Waals surface area contributed by atoms with Crippen molar-refractivity contribution in [3.8, 4) is 5.75 Å². The Labute approximate surface area is 127 Å². The highest BCUT2D eigenvalue weighted by Crippen LogP contribution is 2.31. The molecule has 0 spiro atoms. The molecule has 0 aliphatic rings. The summed E-state index contributed by atoms with van der Waals surface area (Å²) >= 11 is 0. The summed E-state index contributed by atoms with van der Waals surface area (Å²) in [5.41, 5.74) is 4.79. The molecule has 1 N–H and O–H groups in total. The SMILES string of the molecule is CCCNC(c1ncccc1OC)c1c(C)cccc1C. The van der Waals surface area contributed by atoms with Crippen molar-refractivity contribution in [1.29, 1.82) is 0 Å². The standard InChI is InChI=1S/C18H24N2O/c1-5-11-19-18(16-13(2)8-6-9-14(16)3)17-15(21-4)10-7-12-20-17/h6-10,12,18-19H,5,11H2,1-4H3. The van der Waals surface area contributed by atoms with Crippen LogP contribution >= 0.6 is 0 Å². The van der Waals surface area contributed by atoms with Crippen molar-refractivity contribution < 1.29 is 4.74 Å². The first kappa shape index (κ1) is 15.5. The van der Waals surface area contributed by atoms with Crippen molar-refractivity contribution in [2.24, 2.45) is 0 Å². The van der Waals surface area contributed by atoms with Gasteiger partial charge in [-0.25, -0.2) is 0 Å². The van der Waals surface area contributed by atoms with E-state index in [9.17, 15) is 0 Å². The smallest absolute Gasteiger partial charge is 0.142 e. The molecule has 1 aromatic carbocycles. The Morgan fingerprint density at radius 1 is 1.14 bits per heavy atom. The molecule has 112 valence electrons. The van der Waals surface area contributed by atoms with Gasteiger partial charge in [0.25, 0.3) is 0 Å². The zero-order chi connectivity index (χ0) is 15.2. The van der Waals surface area contributed by atoms with Gasteiger partial charge >= 0.3 is 0 Å². The zero-order valence-corrected chi connectivity index (χ0v) is 13.3. The Bertz CT molecular complexity index is 575. The lowest BCUT2D eigenvalue weighted by molar-refractivity contribution is 0.399. The molecule has 0 radical (unpaired) electrons. The van der Waals surface area contributed by atoms with E-state index in [1.165, 1.54) is 16.7 Å². The van der Waals surface area contributed by atoms with Gasteiger partial charge in [0.1, 0.15) is 11.4 Å². The van der Waals surface area contributed by atoms with Crippen LogP contribution in [0.15, 0.2) is 36.5 Å². The first-order chi connectivity index (χ1) is 10.2. The molecule has 1 heterocycles. The maximum absolute atomic E-state index is 5.51. The normalized spacial score (nSPS) is 12.2. The number of aromatic nitrogens is 1. The summed E-state index contributed by atoms with van der Waals surface area (Å²) < 4.78 is 5.51. The molecule has 0 aliphatic heterocycles. The highest BCUT2D eigenvalue weighted by Gasteiger charge is 2.22. The van der Waals surface area contributed by atoms with Gasteiger partial charge in [-0.1, -0.05) is 25.1 Å². The lowest BCUT2D eigenvalue weighted by Gasteiger charge is -2.24. The highest BCUT2D eigenvalue weighted by atomic mass is 16.5. The quantitative estimate of drug-likeness (QED) is 0.876. The Morgan fingerprint density at radius 2 is 1.86 bits per heavy atom. The molecule has 2 aromatic rings. The predicted molar refractivity (Wildman–Crippen MR) is 86.8 cm³/mol. The third-order valence-corrected chi connectivity index (χ3v) is 3.72. The van der Waals surface area contributed by atoms with E-state index >= 15 is 0 Å². The van der Waals surface area contributed by atoms with E-state index in [1.807, 2.05) is 18.3 Å². The number of rotatable bonds is 6. The van der Waals surface area contributed by atoms with Crippen molar-refractivity contribution in [2.75, 3.05) is 13.7 Å². The Kier molecular flexibility index (Phi) is 5.34. The summed E-state index contributed by atoms with van der Waals surface area (Å²) in [6.07, 6.45) is 2.91. The van der Waals surface area contributed by atoms with Crippen molar-refractivity contribution in [3.05, 3.63) is 58.9 Å². The van der Waals surface area contributed by atoms with E-state index in [0.29, 0.717) is 0 Å². The number of aryl methyl sites for hydroxylation is 2. The van der Waals surface area contributed by atoms with Crippen LogP contribution in [0.25, 0.3) is 0 Å². The molecule has 0 fully saturated rings. The minimum Gasteiger partial charge on any atom is -0.495 e. The number of hydrogen-bond acceptors (Lipinski definition) is 3. The van der Waals surface area contributed by atoms with Crippen LogP contribution in [-0.2, 0) is 0 Å². The van der Waals surface area contributed by atoms with Gasteiger partial charge in [0.15, 0.2) is 0 Å². The molecule has 1 aromatic heterocycles. The van der Waals surface area contributed by atoms with Crippen LogP contribution in [0.1, 0.15) is 41.8 Å². The van der Waals surface area contributed by atoms with Crippen molar-refractivity contribution in [2.45, 2.75) is 33.2 Å². The van der Waals surface area contributed by atoms with Gasteiger partial charge in [-0.05, 0) is 55.6 Å². The second kappa shape index (κ2) is 7.23. The topological polar surface area (TPSA) is 34.2 Å². The van der Waals surface area contributed by atoms with Gasteiger partial charge in [-0.2, -0.15) is 0 Å². The fraction of sp³-hybridized carbons (Fsp3) is 0.389.